The third-order valence-electron chi connectivity index (χ3n) is 3.49. The highest BCUT2D eigenvalue weighted by atomic mass is 16.5. The molecule has 1 unspecified atom stereocenters. The third kappa shape index (κ3) is 2.35. The van der Waals surface area contributed by atoms with Crippen LogP contribution in [-0.2, 0) is 14.3 Å². The van der Waals surface area contributed by atoms with Gasteiger partial charge in [-0.05, 0) is 25.7 Å². The number of aliphatic carboxylic acids is 1. The maximum Gasteiger partial charge on any atom is 0.305 e. The van der Waals surface area contributed by atoms with Crippen molar-refractivity contribution in [2.45, 2.75) is 37.6 Å². The zero-order valence-corrected chi connectivity index (χ0v) is 9.20. The molecule has 0 aromatic carbocycles. The van der Waals surface area contributed by atoms with Crippen LogP contribution >= 0.6 is 0 Å². The first-order valence-corrected chi connectivity index (χ1v) is 5.73. The number of nitrogens with one attached hydrogen (secondary N) is 1. The number of carboxylic acid groups (broad SMARTS) is 1. The maximum absolute atomic E-state index is 11.9. The van der Waals surface area contributed by atoms with Crippen LogP contribution < -0.4 is 5.32 Å². The number of rotatable bonds is 4. The fourth-order valence-corrected chi connectivity index (χ4v) is 2.34. The van der Waals surface area contributed by atoms with Crippen LogP contribution in [0.3, 0.4) is 0 Å². The molecule has 2 N–H and O–H groups in total. The molecule has 16 heavy (non-hydrogen) atoms. The molecule has 1 saturated carbocycles. The van der Waals surface area contributed by atoms with E-state index in [1.54, 1.807) is 0 Å². The normalized spacial score (nSPS) is 27.1. The van der Waals surface area contributed by atoms with Gasteiger partial charge in [-0.2, -0.15) is 0 Å². The molecule has 2 rings (SSSR count). The smallest absolute Gasteiger partial charge is 0.305 e. The molecule has 0 bridgehead atoms. The molecule has 1 aliphatic heterocycles. The average molecular weight is 227 g/mol. The summed E-state index contributed by atoms with van der Waals surface area (Å²) in [5, 5.41) is 11.7. The van der Waals surface area contributed by atoms with Gasteiger partial charge in [0.2, 0.25) is 5.91 Å². The lowest BCUT2D eigenvalue weighted by molar-refractivity contribution is -0.140. The van der Waals surface area contributed by atoms with Gasteiger partial charge < -0.3 is 15.2 Å². The van der Waals surface area contributed by atoms with Gasteiger partial charge in [-0.3, -0.25) is 9.59 Å². The van der Waals surface area contributed by atoms with Gasteiger partial charge in [0.15, 0.2) is 0 Å². The molecule has 0 aromatic heterocycles. The molecule has 5 nitrogen and oxygen atoms in total. The molecule has 2 aliphatic rings. The summed E-state index contributed by atoms with van der Waals surface area (Å²) in [6.07, 6.45) is 3.33. The molecule has 1 aliphatic carbocycles. The summed E-state index contributed by atoms with van der Waals surface area (Å²) in [5.74, 6) is -0.979. The molecule has 90 valence electrons. The average Bonchev–Trinajstić information content (AvgIpc) is 2.66. The Kier molecular flexibility index (Phi) is 3.14. The predicted octanol–water partition coefficient (Wildman–Crippen LogP) is 0.536. The van der Waals surface area contributed by atoms with Crippen molar-refractivity contribution in [2.24, 2.45) is 5.92 Å². The Balaban J connectivity index is 1.90. The lowest BCUT2D eigenvalue weighted by Crippen LogP contribution is -2.56. The zero-order chi connectivity index (χ0) is 11.6. The molecule has 1 heterocycles. The minimum absolute atomic E-state index is 0.0340. The van der Waals surface area contributed by atoms with Crippen molar-refractivity contribution in [1.29, 1.82) is 0 Å². The number of hydrogen-bond acceptors (Lipinski definition) is 3. The highest BCUT2D eigenvalue weighted by molar-refractivity contribution is 5.81. The first kappa shape index (κ1) is 11.4. The van der Waals surface area contributed by atoms with E-state index in [0.717, 1.165) is 25.7 Å². The first-order chi connectivity index (χ1) is 7.61. The Bertz CT molecular complexity index is 292. The van der Waals surface area contributed by atoms with Crippen LogP contribution in [0.15, 0.2) is 0 Å². The van der Waals surface area contributed by atoms with Gasteiger partial charge >= 0.3 is 5.97 Å². The molecule has 1 saturated heterocycles. The lowest BCUT2D eigenvalue weighted by Gasteiger charge is -2.42. The summed E-state index contributed by atoms with van der Waals surface area (Å²) in [5.41, 5.74) is -0.481. The highest BCUT2D eigenvalue weighted by Gasteiger charge is 2.41. The van der Waals surface area contributed by atoms with Gasteiger partial charge in [-0.15, -0.1) is 0 Å². The Morgan fingerprint density at radius 3 is 2.62 bits per heavy atom. The van der Waals surface area contributed by atoms with Crippen LogP contribution in [0, 0.1) is 5.92 Å². The molecule has 0 aromatic rings. The lowest BCUT2D eigenvalue weighted by atomic mass is 9.74. The van der Waals surface area contributed by atoms with Gasteiger partial charge in [0, 0.05) is 6.61 Å². The van der Waals surface area contributed by atoms with E-state index in [0.29, 0.717) is 13.2 Å². The van der Waals surface area contributed by atoms with Crippen molar-refractivity contribution in [2.75, 3.05) is 13.2 Å². The predicted molar refractivity (Wildman–Crippen MR) is 55.9 cm³/mol. The quantitative estimate of drug-likeness (QED) is 0.734. The molecule has 5 heteroatoms. The summed E-state index contributed by atoms with van der Waals surface area (Å²) >= 11 is 0. The molecule has 0 spiro atoms. The zero-order valence-electron chi connectivity index (χ0n) is 9.20. The highest BCUT2D eigenvalue weighted by Crippen LogP contribution is 2.35. The molecule has 1 amide bonds. The standard InChI is InChI=1S/C11H17NO4/c13-9(14)6-11(3-1-4-11)12-10(15)8-2-5-16-7-8/h8H,1-7H2,(H,12,15)(H,13,14). The summed E-state index contributed by atoms with van der Waals surface area (Å²) in [6.45, 7) is 1.10. The van der Waals surface area contributed by atoms with Crippen molar-refractivity contribution in [3.63, 3.8) is 0 Å². The second-order valence-corrected chi connectivity index (χ2v) is 4.75. The van der Waals surface area contributed by atoms with Crippen LogP contribution in [0.1, 0.15) is 32.1 Å². The summed E-state index contributed by atoms with van der Waals surface area (Å²) < 4.78 is 5.15. The van der Waals surface area contributed by atoms with E-state index in [1.807, 2.05) is 0 Å². The second-order valence-electron chi connectivity index (χ2n) is 4.75. The van der Waals surface area contributed by atoms with Crippen LogP contribution in [0.2, 0.25) is 0 Å². The molecule has 2 fully saturated rings. The summed E-state index contributed by atoms with van der Waals surface area (Å²) in [7, 11) is 0. The number of hydrogen-bond donors (Lipinski definition) is 2. The Morgan fingerprint density at radius 2 is 2.19 bits per heavy atom. The summed E-state index contributed by atoms with van der Waals surface area (Å²) in [6, 6.07) is 0. The first-order valence-electron chi connectivity index (χ1n) is 5.73. The van der Waals surface area contributed by atoms with Crippen LogP contribution in [0.5, 0.6) is 0 Å². The van der Waals surface area contributed by atoms with E-state index in [4.69, 9.17) is 9.84 Å². The summed E-state index contributed by atoms with van der Waals surface area (Å²) in [4.78, 5) is 22.6. The number of amides is 1. The van der Waals surface area contributed by atoms with Gasteiger partial charge in [0.25, 0.3) is 0 Å². The number of carbonyl (C=O) groups excluding carboxylic acids is 1. The van der Waals surface area contributed by atoms with Gasteiger partial charge in [-0.1, -0.05) is 0 Å². The van der Waals surface area contributed by atoms with Crippen molar-refractivity contribution in [3.05, 3.63) is 0 Å². The van der Waals surface area contributed by atoms with Gasteiger partial charge in [-0.25, -0.2) is 0 Å². The molecule has 0 radical (unpaired) electrons. The van der Waals surface area contributed by atoms with Crippen LogP contribution in [0.25, 0.3) is 0 Å². The fourth-order valence-electron chi connectivity index (χ4n) is 2.34. The SMILES string of the molecule is O=C(O)CC1(NC(=O)C2CCOC2)CCC1. The minimum Gasteiger partial charge on any atom is -0.481 e. The maximum atomic E-state index is 11.9. The molecular formula is C11H17NO4. The number of ether oxygens (including phenoxy) is 1. The largest absolute Gasteiger partial charge is 0.481 e. The molecular weight excluding hydrogens is 210 g/mol. The van der Waals surface area contributed by atoms with Gasteiger partial charge in [0.05, 0.1) is 24.5 Å². The van der Waals surface area contributed by atoms with E-state index in [1.165, 1.54) is 0 Å². The van der Waals surface area contributed by atoms with Crippen molar-refractivity contribution in [1.82, 2.24) is 5.32 Å². The Labute approximate surface area is 94.2 Å². The monoisotopic (exact) mass is 227 g/mol. The van der Waals surface area contributed by atoms with E-state index >= 15 is 0 Å². The van der Waals surface area contributed by atoms with Crippen LogP contribution in [0.4, 0.5) is 0 Å². The van der Waals surface area contributed by atoms with Crippen molar-refractivity contribution < 1.29 is 19.4 Å². The van der Waals surface area contributed by atoms with E-state index < -0.39 is 11.5 Å². The number of carboxylic acids is 1. The Morgan fingerprint density at radius 1 is 1.44 bits per heavy atom. The van der Waals surface area contributed by atoms with E-state index in [2.05, 4.69) is 5.32 Å². The molecule has 1 atom stereocenters. The van der Waals surface area contributed by atoms with E-state index in [-0.39, 0.29) is 18.2 Å². The second kappa shape index (κ2) is 4.41. The number of carbonyl (C=O) groups is 2. The topological polar surface area (TPSA) is 75.6 Å². The van der Waals surface area contributed by atoms with Gasteiger partial charge in [0.1, 0.15) is 0 Å². The minimum atomic E-state index is -0.845. The fraction of sp³-hybridized carbons (Fsp3) is 0.818. The van der Waals surface area contributed by atoms with E-state index in [9.17, 15) is 9.59 Å². The Hall–Kier alpha value is -1.10. The van der Waals surface area contributed by atoms with Crippen molar-refractivity contribution >= 4 is 11.9 Å². The van der Waals surface area contributed by atoms with Crippen molar-refractivity contribution in [3.8, 4) is 0 Å². The van der Waals surface area contributed by atoms with Crippen LogP contribution in [-0.4, -0.2) is 35.7 Å². The third-order valence-corrected chi connectivity index (χ3v) is 3.49.